The molecule has 0 aliphatic carbocycles. The van der Waals surface area contributed by atoms with Gasteiger partial charge in [0.05, 0.1) is 22.4 Å². The molecule has 2 N–H and O–H groups in total. The van der Waals surface area contributed by atoms with Gasteiger partial charge in [-0.05, 0) is 23.7 Å². The predicted octanol–water partition coefficient (Wildman–Crippen LogP) is 2.62. The normalized spacial score (nSPS) is 19.2. The van der Waals surface area contributed by atoms with Crippen LogP contribution >= 0.6 is 11.6 Å². The van der Waals surface area contributed by atoms with E-state index >= 15 is 0 Å². The quantitative estimate of drug-likeness (QED) is 0.344. The second-order valence-electron chi connectivity index (χ2n) is 7.33. The third-order valence-corrected chi connectivity index (χ3v) is 5.50. The van der Waals surface area contributed by atoms with Crippen molar-refractivity contribution in [2.75, 3.05) is 36.5 Å². The van der Waals surface area contributed by atoms with Crippen molar-refractivity contribution in [3.05, 3.63) is 58.4 Å². The molecule has 0 saturated carbocycles. The Morgan fingerprint density at radius 3 is 2.84 bits per heavy atom. The Balaban J connectivity index is 1.50. The number of rotatable bonds is 4. The molecule has 0 spiro atoms. The number of piperazine rings is 1. The van der Waals surface area contributed by atoms with Crippen molar-refractivity contribution in [3.63, 3.8) is 0 Å². The Morgan fingerprint density at radius 1 is 1.22 bits per heavy atom. The molecule has 2 aliphatic rings. The van der Waals surface area contributed by atoms with Gasteiger partial charge in [0.15, 0.2) is 5.82 Å². The lowest BCUT2D eigenvalue weighted by Gasteiger charge is -2.29. The van der Waals surface area contributed by atoms with Crippen LogP contribution in [0.25, 0.3) is 10.9 Å². The van der Waals surface area contributed by atoms with E-state index in [1.807, 2.05) is 23.1 Å². The van der Waals surface area contributed by atoms with Gasteiger partial charge in [-0.3, -0.25) is 15.5 Å². The molecular formula is C20H20ClN7O4. The minimum absolute atomic E-state index is 0.00191. The van der Waals surface area contributed by atoms with Crippen molar-refractivity contribution in [3.8, 4) is 5.75 Å². The first-order valence-corrected chi connectivity index (χ1v) is 10.5. The van der Waals surface area contributed by atoms with Gasteiger partial charge in [-0.25, -0.2) is 14.8 Å². The van der Waals surface area contributed by atoms with Crippen molar-refractivity contribution in [1.29, 1.82) is 0 Å². The fraction of sp³-hybridized carbons (Fsp3) is 0.300. The molecule has 3 heterocycles. The Morgan fingerprint density at radius 2 is 2.03 bits per heavy atom. The molecule has 1 atom stereocenters. The van der Waals surface area contributed by atoms with Gasteiger partial charge in [-0.2, -0.15) is 0 Å². The number of hydrogen-bond donors (Lipinski definition) is 2. The molecule has 11 nitrogen and oxygen atoms in total. The van der Waals surface area contributed by atoms with Crippen molar-refractivity contribution < 1.29 is 14.5 Å². The van der Waals surface area contributed by atoms with Gasteiger partial charge in [-0.15, -0.1) is 0 Å². The summed E-state index contributed by atoms with van der Waals surface area (Å²) in [6.07, 6.45) is 1.40. The summed E-state index contributed by atoms with van der Waals surface area (Å²) in [5.74, 6) is -0.0956. The largest absolute Gasteiger partial charge is 0.449 e. The Bertz CT molecular complexity index is 1160. The molecular weight excluding hydrogens is 438 g/mol. The van der Waals surface area contributed by atoms with E-state index in [0.717, 1.165) is 18.7 Å². The molecule has 2 aliphatic heterocycles. The van der Waals surface area contributed by atoms with E-state index in [9.17, 15) is 10.1 Å². The average molecular weight is 458 g/mol. The van der Waals surface area contributed by atoms with Gasteiger partial charge >= 0.3 is 0 Å². The lowest BCUT2D eigenvalue weighted by atomic mass is 10.1. The van der Waals surface area contributed by atoms with Gasteiger partial charge in [0.1, 0.15) is 17.8 Å². The number of nitro groups is 1. The molecule has 1 saturated heterocycles. The van der Waals surface area contributed by atoms with Crippen molar-refractivity contribution in [1.82, 2.24) is 20.5 Å². The van der Waals surface area contributed by atoms with E-state index in [2.05, 4.69) is 20.7 Å². The smallest absolute Gasteiger partial charge is 0.298 e. The second kappa shape index (κ2) is 8.71. The highest BCUT2D eigenvalue weighted by atomic mass is 35.5. The number of anilines is 2. The first-order valence-electron chi connectivity index (χ1n) is 10.1. The number of ether oxygens (including phenoxy) is 1. The second-order valence-corrected chi connectivity index (χ2v) is 7.68. The van der Waals surface area contributed by atoms with Crippen LogP contribution in [-0.2, 0) is 11.4 Å². The maximum absolute atomic E-state index is 11.9. The van der Waals surface area contributed by atoms with Crippen LogP contribution < -0.4 is 20.4 Å². The lowest BCUT2D eigenvalue weighted by molar-refractivity contribution is -0.384. The number of alkyl halides is 1. The zero-order chi connectivity index (χ0) is 22.1. The summed E-state index contributed by atoms with van der Waals surface area (Å²) in [4.78, 5) is 27.7. The summed E-state index contributed by atoms with van der Waals surface area (Å²) in [5.41, 5.74) is 5.03. The number of hydroxylamine groups is 1. The minimum Gasteiger partial charge on any atom is -0.449 e. The van der Waals surface area contributed by atoms with Crippen LogP contribution in [0.15, 0.2) is 42.7 Å². The van der Waals surface area contributed by atoms with E-state index < -0.39 is 5.75 Å². The standard InChI is InChI=1S/C20H20ClN7O4/c21-20-31-18-4-2-1-3-13(18)11-27(32-20)25-19-14-9-17(28(29)30)16(10-15(14)23-12-24-19)26-7-5-22-6-8-26/h1-4,9-10,12,20,22H,5-8,11H2,(H,23,24,25). The third kappa shape index (κ3) is 4.10. The zero-order valence-corrected chi connectivity index (χ0v) is 17.7. The number of fused-ring (bicyclic) bond motifs is 2. The minimum atomic E-state index is -1.06. The topological polar surface area (TPSA) is 118 Å². The highest BCUT2D eigenvalue weighted by Gasteiger charge is 2.26. The molecule has 0 bridgehead atoms. The van der Waals surface area contributed by atoms with E-state index in [-0.39, 0.29) is 10.6 Å². The molecule has 166 valence electrons. The van der Waals surface area contributed by atoms with Gasteiger partial charge in [0, 0.05) is 37.8 Å². The van der Waals surface area contributed by atoms with Gasteiger partial charge in [-0.1, -0.05) is 23.4 Å². The van der Waals surface area contributed by atoms with Gasteiger partial charge in [0.25, 0.3) is 11.4 Å². The van der Waals surface area contributed by atoms with Crippen LogP contribution in [0.5, 0.6) is 5.75 Å². The number of nitro benzene ring substituents is 1. The number of halogens is 1. The number of nitrogens with one attached hydrogen (secondary N) is 2. The Hall–Kier alpha value is -3.25. The van der Waals surface area contributed by atoms with Crippen LogP contribution in [0.4, 0.5) is 17.2 Å². The molecule has 32 heavy (non-hydrogen) atoms. The van der Waals surface area contributed by atoms with Crippen LogP contribution in [0.1, 0.15) is 5.56 Å². The van der Waals surface area contributed by atoms with E-state index in [1.54, 1.807) is 12.1 Å². The lowest BCUT2D eigenvalue weighted by Crippen LogP contribution is -2.43. The molecule has 1 aromatic heterocycles. The van der Waals surface area contributed by atoms with Crippen LogP contribution in [0, 0.1) is 10.1 Å². The number of aromatic nitrogens is 2. The fourth-order valence-electron chi connectivity index (χ4n) is 3.82. The van der Waals surface area contributed by atoms with E-state index in [0.29, 0.717) is 47.8 Å². The third-order valence-electron chi connectivity index (χ3n) is 5.33. The van der Waals surface area contributed by atoms with E-state index in [1.165, 1.54) is 17.6 Å². The average Bonchev–Trinajstić information content (AvgIpc) is 2.96. The Kier molecular flexibility index (Phi) is 5.62. The van der Waals surface area contributed by atoms with Gasteiger partial charge in [0.2, 0.25) is 0 Å². The summed E-state index contributed by atoms with van der Waals surface area (Å²) in [5, 5.41) is 17.0. The van der Waals surface area contributed by atoms with Crippen molar-refractivity contribution in [2.24, 2.45) is 0 Å². The fourth-order valence-corrected chi connectivity index (χ4v) is 4.01. The molecule has 3 aromatic rings. The monoisotopic (exact) mass is 457 g/mol. The van der Waals surface area contributed by atoms with Crippen LogP contribution in [0.3, 0.4) is 0 Å². The molecule has 0 amide bonds. The summed E-state index contributed by atoms with van der Waals surface area (Å²) in [7, 11) is 0. The van der Waals surface area contributed by atoms with Crippen molar-refractivity contribution >= 4 is 39.7 Å². The summed E-state index contributed by atoms with van der Waals surface area (Å²) < 4.78 is 5.57. The molecule has 1 unspecified atom stereocenters. The summed E-state index contributed by atoms with van der Waals surface area (Å²) in [6, 6.07) is 10.7. The molecule has 12 heteroatoms. The molecule has 5 rings (SSSR count). The maximum Gasteiger partial charge on any atom is 0.298 e. The van der Waals surface area contributed by atoms with Crippen molar-refractivity contribution in [2.45, 2.75) is 12.3 Å². The SMILES string of the molecule is O=[N+]([O-])c1cc2c(NN3Cc4ccccc4OC(Cl)O3)ncnc2cc1N1CCNCC1. The highest BCUT2D eigenvalue weighted by Crippen LogP contribution is 2.35. The molecule has 1 fully saturated rings. The van der Waals surface area contributed by atoms with Crippen LogP contribution in [0.2, 0.25) is 0 Å². The summed E-state index contributed by atoms with van der Waals surface area (Å²) >= 11 is 6.14. The number of para-hydroxylation sites is 1. The first-order chi connectivity index (χ1) is 15.6. The number of hydrogen-bond acceptors (Lipinski definition) is 10. The number of nitrogens with zero attached hydrogens (tertiary/aromatic N) is 5. The van der Waals surface area contributed by atoms with Crippen LogP contribution in [-0.4, -0.2) is 52.0 Å². The maximum atomic E-state index is 11.9. The van der Waals surface area contributed by atoms with E-state index in [4.69, 9.17) is 21.2 Å². The molecule has 0 radical (unpaired) electrons. The predicted molar refractivity (Wildman–Crippen MR) is 118 cm³/mol. The Labute approximate surface area is 188 Å². The molecule has 2 aromatic carbocycles. The van der Waals surface area contributed by atoms with Gasteiger partial charge < -0.3 is 15.0 Å². The zero-order valence-electron chi connectivity index (χ0n) is 16.9. The number of hydrazine groups is 1. The summed E-state index contributed by atoms with van der Waals surface area (Å²) in [6.45, 7) is 3.20. The first kappa shape index (κ1) is 20.6. The number of benzene rings is 2. The highest BCUT2D eigenvalue weighted by molar-refractivity contribution is 6.19.